The van der Waals surface area contributed by atoms with Crippen LogP contribution in [0.3, 0.4) is 0 Å². The fourth-order valence-electron chi connectivity index (χ4n) is 3.20. The van der Waals surface area contributed by atoms with Crippen molar-refractivity contribution in [2.24, 2.45) is 27.7 Å². The molecule has 0 radical (unpaired) electrons. The minimum absolute atomic E-state index is 0.0735. The van der Waals surface area contributed by atoms with E-state index in [-0.39, 0.29) is 34.0 Å². The van der Waals surface area contributed by atoms with E-state index >= 15 is 0 Å². The smallest absolute Gasteiger partial charge is 0.280 e. The lowest BCUT2D eigenvalue weighted by Crippen LogP contribution is -2.50. The summed E-state index contributed by atoms with van der Waals surface area (Å²) in [7, 11) is 1.36. The SMILES string of the molecule is COc1cnc(C(F)F)cc1-c1cc(/C(N)=N/N)ncc1C(=O)NC1(C)NN=C(C#CC2CC2)S1. The van der Waals surface area contributed by atoms with E-state index in [1.807, 2.05) is 0 Å². The van der Waals surface area contributed by atoms with Gasteiger partial charge in [0.2, 0.25) is 0 Å². The van der Waals surface area contributed by atoms with Gasteiger partial charge in [0.05, 0.1) is 18.9 Å². The molecular formula is C22H22F2N8O2S. The van der Waals surface area contributed by atoms with Gasteiger partial charge in [-0.25, -0.2) is 8.78 Å². The van der Waals surface area contributed by atoms with Gasteiger partial charge in [-0.2, -0.15) is 10.2 Å². The Morgan fingerprint density at radius 1 is 1.34 bits per heavy atom. The normalized spacial score (nSPS) is 19.5. The zero-order valence-electron chi connectivity index (χ0n) is 18.8. The Kier molecular flexibility index (Phi) is 6.74. The number of thioether (sulfide) groups is 1. The topological polar surface area (TPSA) is 153 Å². The van der Waals surface area contributed by atoms with Crippen molar-refractivity contribution < 1.29 is 18.3 Å². The molecule has 3 heterocycles. The molecule has 6 N–H and O–H groups in total. The molecule has 1 unspecified atom stereocenters. The van der Waals surface area contributed by atoms with Gasteiger partial charge in [0.25, 0.3) is 12.3 Å². The number of nitrogens with two attached hydrogens (primary N) is 2. The lowest BCUT2D eigenvalue weighted by Gasteiger charge is -2.24. The highest BCUT2D eigenvalue weighted by molar-refractivity contribution is 8.15. The number of ether oxygens (including phenoxy) is 1. The molecule has 0 aromatic carbocycles. The fourth-order valence-corrected chi connectivity index (χ4v) is 4.02. The molecule has 0 bridgehead atoms. The van der Waals surface area contributed by atoms with Crippen LogP contribution in [0.4, 0.5) is 8.78 Å². The summed E-state index contributed by atoms with van der Waals surface area (Å²) in [6, 6.07) is 2.57. The van der Waals surface area contributed by atoms with Crippen molar-refractivity contribution in [2.75, 3.05) is 7.11 Å². The number of hydrogen-bond acceptors (Lipinski definition) is 9. The van der Waals surface area contributed by atoms with Crippen LogP contribution in [-0.2, 0) is 0 Å². The lowest BCUT2D eigenvalue weighted by atomic mass is 9.99. The van der Waals surface area contributed by atoms with E-state index in [9.17, 15) is 13.6 Å². The number of hydrazone groups is 2. The maximum atomic E-state index is 13.4. The summed E-state index contributed by atoms with van der Waals surface area (Å²) in [6.07, 6.45) is 1.76. The zero-order valence-corrected chi connectivity index (χ0v) is 19.6. The Morgan fingerprint density at radius 3 is 2.77 bits per heavy atom. The predicted octanol–water partition coefficient (Wildman–Crippen LogP) is 2.14. The first-order chi connectivity index (χ1) is 16.7. The molecule has 2 aromatic rings. The Balaban J connectivity index is 1.70. The highest BCUT2D eigenvalue weighted by atomic mass is 32.2. The number of rotatable bonds is 6. The van der Waals surface area contributed by atoms with E-state index in [2.05, 4.69) is 42.8 Å². The monoisotopic (exact) mass is 500 g/mol. The van der Waals surface area contributed by atoms with E-state index in [4.69, 9.17) is 16.3 Å². The number of halogens is 2. The molecule has 0 saturated heterocycles. The number of nitrogens with zero attached hydrogens (tertiary/aromatic N) is 4. The number of amides is 1. The molecule has 182 valence electrons. The number of nitrogens with one attached hydrogen (secondary N) is 2. The number of carbonyl (C=O) groups is 1. The average Bonchev–Trinajstić information content (AvgIpc) is 3.62. The van der Waals surface area contributed by atoms with Crippen molar-refractivity contribution in [3.8, 4) is 28.7 Å². The standard InChI is InChI=1S/C22H22F2N8O2S/c1-22(32-31-18(35-22)6-5-11-3-4-11)29-21(33)14-9-27-16(20(25)30-26)7-12(14)13-8-15(19(23)24)28-10-17(13)34-2/h7-11,19,32H,3-4,26H2,1-2H3,(H2,25,30)(H,29,33). The van der Waals surface area contributed by atoms with Gasteiger partial charge in [-0.05, 0) is 49.6 Å². The first-order valence-electron chi connectivity index (χ1n) is 10.5. The summed E-state index contributed by atoms with van der Waals surface area (Å²) in [6.45, 7) is 1.73. The van der Waals surface area contributed by atoms with Crippen LogP contribution in [0.2, 0.25) is 0 Å². The van der Waals surface area contributed by atoms with Crippen molar-refractivity contribution in [1.29, 1.82) is 0 Å². The third-order valence-corrected chi connectivity index (χ3v) is 6.14. The van der Waals surface area contributed by atoms with E-state index in [1.54, 1.807) is 6.92 Å². The summed E-state index contributed by atoms with van der Waals surface area (Å²) >= 11 is 1.26. The van der Waals surface area contributed by atoms with Gasteiger partial charge in [0.15, 0.2) is 15.9 Å². The second kappa shape index (κ2) is 9.75. The van der Waals surface area contributed by atoms with E-state index < -0.39 is 23.0 Å². The number of pyridine rings is 2. The van der Waals surface area contributed by atoms with Crippen LogP contribution in [0.25, 0.3) is 11.1 Å². The molecule has 1 saturated carbocycles. The van der Waals surface area contributed by atoms with Crippen molar-refractivity contribution >= 4 is 28.5 Å². The number of aromatic nitrogens is 2. The number of amidine groups is 1. The Hall–Kier alpha value is -3.92. The molecule has 1 atom stereocenters. The summed E-state index contributed by atoms with van der Waals surface area (Å²) in [4.78, 5) is 20.3. The minimum Gasteiger partial charge on any atom is -0.494 e. The number of alkyl halides is 2. The van der Waals surface area contributed by atoms with Crippen molar-refractivity contribution in [3.05, 3.63) is 41.5 Å². The molecule has 2 aromatic heterocycles. The second-order valence-corrected chi connectivity index (χ2v) is 9.31. The molecule has 13 heteroatoms. The third kappa shape index (κ3) is 5.43. The molecule has 35 heavy (non-hydrogen) atoms. The summed E-state index contributed by atoms with van der Waals surface area (Å²) in [5.41, 5.74) is 8.83. The van der Waals surface area contributed by atoms with Crippen molar-refractivity contribution in [3.63, 3.8) is 0 Å². The largest absolute Gasteiger partial charge is 0.494 e. The molecule has 4 rings (SSSR count). The van der Waals surface area contributed by atoms with Crippen LogP contribution in [0.1, 0.15) is 47.9 Å². The van der Waals surface area contributed by atoms with Gasteiger partial charge in [0.1, 0.15) is 17.1 Å². The van der Waals surface area contributed by atoms with Crippen LogP contribution >= 0.6 is 11.8 Å². The lowest BCUT2D eigenvalue weighted by molar-refractivity contribution is 0.0926. The van der Waals surface area contributed by atoms with Gasteiger partial charge in [0, 0.05) is 23.2 Å². The summed E-state index contributed by atoms with van der Waals surface area (Å²) in [5.74, 6) is 11.3. The zero-order chi connectivity index (χ0) is 25.2. The van der Waals surface area contributed by atoms with E-state index in [0.717, 1.165) is 25.1 Å². The molecule has 0 spiro atoms. The molecule has 10 nitrogen and oxygen atoms in total. The van der Waals surface area contributed by atoms with Crippen LogP contribution in [-0.4, -0.2) is 38.9 Å². The summed E-state index contributed by atoms with van der Waals surface area (Å²) in [5, 5.41) is 11.0. The van der Waals surface area contributed by atoms with E-state index in [0.29, 0.717) is 11.0 Å². The van der Waals surface area contributed by atoms with Gasteiger partial charge in [-0.1, -0.05) is 5.92 Å². The molecular weight excluding hydrogens is 478 g/mol. The first-order valence-corrected chi connectivity index (χ1v) is 11.3. The number of methoxy groups -OCH3 is 1. The van der Waals surface area contributed by atoms with Crippen LogP contribution in [0.5, 0.6) is 5.75 Å². The fraction of sp³-hybridized carbons (Fsp3) is 0.318. The van der Waals surface area contributed by atoms with Crippen molar-refractivity contribution in [1.82, 2.24) is 20.7 Å². The Bertz CT molecular complexity index is 1290. The average molecular weight is 501 g/mol. The van der Waals surface area contributed by atoms with Gasteiger partial charge < -0.3 is 21.6 Å². The molecule has 1 aliphatic heterocycles. The van der Waals surface area contributed by atoms with Gasteiger partial charge >= 0.3 is 0 Å². The van der Waals surface area contributed by atoms with Crippen LogP contribution in [0, 0.1) is 17.8 Å². The maximum absolute atomic E-state index is 13.4. The van der Waals surface area contributed by atoms with Gasteiger partial charge in [-0.3, -0.25) is 20.2 Å². The van der Waals surface area contributed by atoms with Crippen molar-refractivity contribution in [2.45, 2.75) is 31.2 Å². The Labute approximate surface area is 204 Å². The predicted molar refractivity (Wildman–Crippen MR) is 128 cm³/mol. The molecule has 1 fully saturated rings. The van der Waals surface area contributed by atoms with Crippen LogP contribution in [0.15, 0.2) is 34.7 Å². The maximum Gasteiger partial charge on any atom is 0.280 e. The first kappa shape index (κ1) is 24.2. The van der Waals surface area contributed by atoms with Gasteiger partial charge in [-0.15, -0.1) is 0 Å². The van der Waals surface area contributed by atoms with E-state index in [1.165, 1.54) is 31.1 Å². The second-order valence-electron chi connectivity index (χ2n) is 7.90. The molecule has 1 aliphatic carbocycles. The van der Waals surface area contributed by atoms with Crippen LogP contribution < -0.4 is 27.1 Å². The quantitative estimate of drug-likeness (QED) is 0.155. The highest BCUT2D eigenvalue weighted by Gasteiger charge is 2.35. The summed E-state index contributed by atoms with van der Waals surface area (Å²) < 4.78 is 32.1. The minimum atomic E-state index is -2.83. The third-order valence-electron chi connectivity index (χ3n) is 5.16. The Morgan fingerprint density at radius 2 is 2.11 bits per heavy atom. The number of hydrogen-bond donors (Lipinski definition) is 4. The number of carbonyl (C=O) groups excluding carboxylic acids is 1. The highest BCUT2D eigenvalue weighted by Crippen LogP contribution is 2.35. The molecule has 2 aliphatic rings. The molecule has 1 amide bonds.